The Hall–Kier alpha value is -0.310. The number of nitrogens with zero attached hydrogens (tertiary/aromatic N) is 1. The van der Waals surface area contributed by atoms with Crippen LogP contribution < -0.4 is 9.64 Å². The highest BCUT2D eigenvalue weighted by Gasteiger charge is 2.12. The lowest BCUT2D eigenvalue weighted by molar-refractivity contribution is 0.415. The van der Waals surface area contributed by atoms with Crippen LogP contribution in [0.15, 0.2) is 12.1 Å². The lowest BCUT2D eigenvalue weighted by atomic mass is 10.3. The Kier molecular flexibility index (Phi) is 4.17. The lowest BCUT2D eigenvalue weighted by Crippen LogP contribution is -2.14. The molecule has 0 aromatic heterocycles. The van der Waals surface area contributed by atoms with Crippen LogP contribution in [0.1, 0.15) is 0 Å². The Labute approximate surface area is 98.3 Å². The van der Waals surface area contributed by atoms with E-state index in [1.807, 2.05) is 13.1 Å². The molecule has 0 atom stereocenters. The largest absolute Gasteiger partial charge is 0.495 e. The van der Waals surface area contributed by atoms with Gasteiger partial charge in [0.2, 0.25) is 0 Å². The van der Waals surface area contributed by atoms with Crippen LogP contribution in [-0.2, 0) is 0 Å². The minimum atomic E-state index is 0.350. The number of anilines is 1. The topological polar surface area (TPSA) is 12.5 Å². The fourth-order valence-electron chi connectivity index (χ4n) is 1.04. The van der Waals surface area contributed by atoms with E-state index in [1.165, 1.54) is 0 Å². The van der Waals surface area contributed by atoms with Gasteiger partial charge in [0, 0.05) is 7.05 Å². The van der Waals surface area contributed by atoms with Gasteiger partial charge in [-0.1, -0.05) is 23.2 Å². The zero-order chi connectivity index (χ0) is 10.7. The first-order valence-electron chi connectivity index (χ1n) is 3.91. The van der Waals surface area contributed by atoms with Gasteiger partial charge >= 0.3 is 0 Å². The summed E-state index contributed by atoms with van der Waals surface area (Å²) in [4.78, 5) is 1.79. The minimum absolute atomic E-state index is 0.350. The quantitative estimate of drug-likeness (QED) is 0.603. The van der Waals surface area contributed by atoms with Gasteiger partial charge in [-0.2, -0.15) is 0 Å². The fraction of sp³-hybridized carbons (Fsp3) is 0.333. The number of benzene rings is 1. The molecule has 14 heavy (non-hydrogen) atoms. The third-order valence-corrected chi connectivity index (χ3v) is 3.05. The number of rotatable bonds is 3. The second kappa shape index (κ2) is 4.96. The second-order valence-electron chi connectivity index (χ2n) is 2.73. The minimum Gasteiger partial charge on any atom is -0.495 e. The lowest BCUT2D eigenvalue weighted by Gasteiger charge is -2.18. The van der Waals surface area contributed by atoms with Crippen LogP contribution in [0.3, 0.4) is 0 Å². The van der Waals surface area contributed by atoms with E-state index in [0.29, 0.717) is 21.8 Å². The molecule has 0 amide bonds. The number of hydrogen-bond acceptors (Lipinski definition) is 2. The summed E-state index contributed by atoms with van der Waals surface area (Å²) in [5, 5.41) is 0.859. The zero-order valence-electron chi connectivity index (χ0n) is 7.85. The third-order valence-electron chi connectivity index (χ3n) is 1.84. The molecule has 0 aliphatic heterocycles. The predicted molar refractivity (Wildman–Crippen MR) is 62.1 cm³/mol. The summed E-state index contributed by atoms with van der Waals surface area (Å²) in [5.74, 6) is 0.559. The molecule has 2 nitrogen and oxygen atoms in total. The molecular weight excluding hydrogens is 244 g/mol. The Morgan fingerprint density at radius 3 is 2.43 bits per heavy atom. The van der Waals surface area contributed by atoms with Crippen LogP contribution in [0.5, 0.6) is 5.75 Å². The molecule has 1 rings (SSSR count). The van der Waals surface area contributed by atoms with Crippen molar-refractivity contribution in [3.05, 3.63) is 22.2 Å². The molecule has 5 heteroatoms. The summed E-state index contributed by atoms with van der Waals surface area (Å²) in [6.07, 6.45) is 0. The monoisotopic (exact) mass is 253 g/mol. The predicted octanol–water partition coefficient (Wildman–Crippen LogP) is 3.63. The average Bonchev–Trinajstić information content (AvgIpc) is 2.21. The van der Waals surface area contributed by atoms with E-state index in [1.54, 1.807) is 18.1 Å². The van der Waals surface area contributed by atoms with Crippen molar-refractivity contribution in [2.75, 3.05) is 25.1 Å². The van der Waals surface area contributed by atoms with Gasteiger partial charge in [-0.05, 0) is 12.1 Å². The summed E-state index contributed by atoms with van der Waals surface area (Å²) in [6.45, 7) is 0. The molecule has 1 aromatic carbocycles. The molecule has 0 heterocycles. The van der Waals surface area contributed by atoms with Crippen molar-refractivity contribution in [2.45, 2.75) is 0 Å². The van der Waals surface area contributed by atoms with E-state index in [0.717, 1.165) is 5.69 Å². The van der Waals surface area contributed by atoms with Gasteiger partial charge in [0.05, 0.1) is 23.8 Å². The molecule has 78 valence electrons. The van der Waals surface area contributed by atoms with Gasteiger partial charge in [-0.25, -0.2) is 0 Å². The second-order valence-corrected chi connectivity index (χ2v) is 3.73. The maximum atomic E-state index is 6.04. The maximum Gasteiger partial charge on any atom is 0.139 e. The van der Waals surface area contributed by atoms with Crippen molar-refractivity contribution in [1.82, 2.24) is 0 Å². The van der Waals surface area contributed by atoms with Gasteiger partial charge in [-0.3, -0.25) is 0 Å². The SMILES string of the molecule is COc1ccc(N(C)CCl)c(Cl)c1Cl. The molecular formula is C9H10Cl3NO. The summed E-state index contributed by atoms with van der Waals surface area (Å²) >= 11 is 17.7. The molecule has 0 saturated carbocycles. The van der Waals surface area contributed by atoms with E-state index >= 15 is 0 Å². The molecule has 1 aromatic rings. The molecule has 0 bridgehead atoms. The molecule has 0 spiro atoms. The molecule has 0 aliphatic carbocycles. The number of ether oxygens (including phenoxy) is 1. The van der Waals surface area contributed by atoms with Crippen LogP contribution in [0.25, 0.3) is 0 Å². The standard InChI is InChI=1S/C9H10Cl3NO/c1-13(5-10)6-3-4-7(14-2)9(12)8(6)11/h3-4H,5H2,1-2H3. The van der Waals surface area contributed by atoms with E-state index in [-0.39, 0.29) is 0 Å². The highest BCUT2D eigenvalue weighted by molar-refractivity contribution is 6.44. The molecule has 0 unspecified atom stereocenters. The van der Waals surface area contributed by atoms with Gasteiger partial charge in [0.1, 0.15) is 10.8 Å². The van der Waals surface area contributed by atoms with Crippen molar-refractivity contribution in [3.8, 4) is 5.75 Å². The van der Waals surface area contributed by atoms with Crippen LogP contribution in [0, 0.1) is 0 Å². The van der Waals surface area contributed by atoms with Crippen molar-refractivity contribution in [1.29, 1.82) is 0 Å². The molecule has 0 saturated heterocycles. The number of hydrogen-bond donors (Lipinski definition) is 0. The highest BCUT2D eigenvalue weighted by atomic mass is 35.5. The molecule has 0 N–H and O–H groups in total. The summed E-state index contributed by atoms with van der Waals surface area (Å²) in [7, 11) is 3.37. The Bertz CT molecular complexity index is 330. The number of halogens is 3. The van der Waals surface area contributed by atoms with E-state index in [9.17, 15) is 0 Å². The summed E-state index contributed by atoms with van der Waals surface area (Å²) in [6, 6.07) is 3.92. The van der Waals surface area contributed by atoms with Gasteiger partial charge in [0.15, 0.2) is 0 Å². The van der Waals surface area contributed by atoms with Crippen LogP contribution >= 0.6 is 34.8 Å². The van der Waals surface area contributed by atoms with Crippen LogP contribution in [-0.4, -0.2) is 20.2 Å². The first kappa shape index (κ1) is 11.8. The number of alkyl halides is 1. The number of methoxy groups -OCH3 is 1. The zero-order valence-corrected chi connectivity index (χ0v) is 10.1. The third kappa shape index (κ3) is 2.19. The normalized spacial score (nSPS) is 10.1. The Morgan fingerprint density at radius 2 is 1.93 bits per heavy atom. The highest BCUT2D eigenvalue weighted by Crippen LogP contribution is 2.38. The Balaban J connectivity index is 3.17. The van der Waals surface area contributed by atoms with Crippen molar-refractivity contribution in [3.63, 3.8) is 0 Å². The fourth-order valence-corrected chi connectivity index (χ4v) is 1.70. The molecule has 0 radical (unpaired) electrons. The average molecular weight is 255 g/mol. The summed E-state index contributed by atoms with van der Waals surface area (Å²) in [5.41, 5.74) is 0.785. The van der Waals surface area contributed by atoms with Gasteiger partial charge < -0.3 is 9.64 Å². The van der Waals surface area contributed by atoms with E-state index in [2.05, 4.69) is 0 Å². The van der Waals surface area contributed by atoms with Gasteiger partial charge in [0.25, 0.3) is 0 Å². The van der Waals surface area contributed by atoms with Crippen LogP contribution in [0.2, 0.25) is 10.0 Å². The first-order chi connectivity index (χ1) is 6.61. The van der Waals surface area contributed by atoms with Gasteiger partial charge in [-0.15, -0.1) is 11.6 Å². The molecule has 0 aliphatic rings. The summed E-state index contributed by atoms with van der Waals surface area (Å²) < 4.78 is 5.03. The van der Waals surface area contributed by atoms with Crippen molar-refractivity contribution in [2.24, 2.45) is 0 Å². The Morgan fingerprint density at radius 1 is 1.29 bits per heavy atom. The van der Waals surface area contributed by atoms with E-state index < -0.39 is 0 Å². The first-order valence-corrected chi connectivity index (χ1v) is 5.20. The smallest absolute Gasteiger partial charge is 0.139 e. The van der Waals surface area contributed by atoms with Crippen molar-refractivity contribution >= 4 is 40.5 Å². The van der Waals surface area contributed by atoms with E-state index in [4.69, 9.17) is 39.5 Å². The maximum absolute atomic E-state index is 6.04. The van der Waals surface area contributed by atoms with Crippen molar-refractivity contribution < 1.29 is 4.74 Å². The molecule has 0 fully saturated rings. The van der Waals surface area contributed by atoms with Crippen LogP contribution in [0.4, 0.5) is 5.69 Å².